The maximum absolute atomic E-state index is 13.4. The first-order valence-corrected chi connectivity index (χ1v) is 13.4. The zero-order valence-corrected chi connectivity index (χ0v) is 23.8. The van der Waals surface area contributed by atoms with Crippen molar-refractivity contribution in [1.82, 2.24) is 26.3 Å². The Kier molecular flexibility index (Phi) is 11.7. The summed E-state index contributed by atoms with van der Waals surface area (Å²) in [5, 5.41) is 30.9. The molecule has 1 aromatic heterocycles. The maximum atomic E-state index is 13.4. The number of carboxylic acid groups (broad SMARTS) is 1. The lowest BCUT2D eigenvalue weighted by Crippen LogP contribution is -2.61. The van der Waals surface area contributed by atoms with Crippen LogP contribution in [0.1, 0.15) is 53.5 Å². The second-order valence-electron chi connectivity index (χ2n) is 10.5. The van der Waals surface area contributed by atoms with Crippen LogP contribution in [0.3, 0.4) is 0 Å². The highest BCUT2D eigenvalue weighted by Gasteiger charge is 2.35. The van der Waals surface area contributed by atoms with Gasteiger partial charge in [0.25, 0.3) is 0 Å². The number of amides is 4. The summed E-state index contributed by atoms with van der Waals surface area (Å²) in [6.45, 7) is 9.50. The van der Waals surface area contributed by atoms with Crippen molar-refractivity contribution in [2.45, 2.75) is 84.7 Å². The summed E-state index contributed by atoms with van der Waals surface area (Å²) in [5.74, 6) is -4.56. The van der Waals surface area contributed by atoms with Crippen LogP contribution in [0.15, 0.2) is 30.5 Å². The predicted octanol–water partition coefficient (Wildman–Crippen LogP) is 0.837. The van der Waals surface area contributed by atoms with Gasteiger partial charge in [-0.25, -0.2) is 4.79 Å². The highest BCUT2D eigenvalue weighted by molar-refractivity contribution is 5.96. The van der Waals surface area contributed by atoms with E-state index in [1.807, 2.05) is 31.2 Å². The summed E-state index contributed by atoms with van der Waals surface area (Å²) in [7, 11) is 0. The van der Waals surface area contributed by atoms with Crippen LogP contribution in [-0.4, -0.2) is 75.1 Å². The van der Waals surface area contributed by atoms with Crippen molar-refractivity contribution in [2.24, 2.45) is 11.8 Å². The number of benzene rings is 1. The molecule has 0 saturated carbocycles. The highest BCUT2D eigenvalue weighted by atomic mass is 16.4. The summed E-state index contributed by atoms with van der Waals surface area (Å²) in [5.41, 5.74) is 1.52. The second-order valence-corrected chi connectivity index (χ2v) is 10.5. The molecule has 0 bridgehead atoms. The van der Waals surface area contributed by atoms with Gasteiger partial charge in [-0.3, -0.25) is 19.2 Å². The van der Waals surface area contributed by atoms with Crippen molar-refractivity contribution in [1.29, 1.82) is 0 Å². The number of aromatic nitrogens is 1. The Balaban J connectivity index is 2.35. The Bertz CT molecular complexity index is 1210. The number of aliphatic hydroxyl groups is 1. The van der Waals surface area contributed by atoms with Crippen LogP contribution < -0.4 is 21.3 Å². The van der Waals surface area contributed by atoms with Gasteiger partial charge in [0.2, 0.25) is 23.6 Å². The lowest BCUT2D eigenvalue weighted by atomic mass is 9.97. The number of aliphatic hydroxyl groups excluding tert-OH is 1. The molecule has 0 aliphatic heterocycles. The average Bonchev–Trinajstić information content (AvgIpc) is 3.29. The highest BCUT2D eigenvalue weighted by Crippen LogP contribution is 2.19. The molecule has 220 valence electrons. The number of carbonyl (C=O) groups is 5. The molecular weight excluding hydrogens is 518 g/mol. The molecule has 2 aromatic rings. The third kappa shape index (κ3) is 8.54. The largest absolute Gasteiger partial charge is 0.480 e. The Hall–Kier alpha value is -3.93. The molecule has 40 heavy (non-hydrogen) atoms. The van der Waals surface area contributed by atoms with Crippen LogP contribution in [-0.2, 0) is 30.4 Å². The lowest BCUT2D eigenvalue weighted by Gasteiger charge is -2.29. The van der Waals surface area contributed by atoms with Gasteiger partial charge < -0.3 is 36.5 Å². The van der Waals surface area contributed by atoms with E-state index in [1.165, 1.54) is 13.8 Å². The first kappa shape index (κ1) is 32.3. The number of aromatic amines is 1. The maximum Gasteiger partial charge on any atom is 0.326 e. The van der Waals surface area contributed by atoms with Crippen molar-refractivity contribution in [3.63, 3.8) is 0 Å². The fraction of sp³-hybridized carbons (Fsp3) is 0.536. The van der Waals surface area contributed by atoms with Crippen molar-refractivity contribution < 1.29 is 34.2 Å². The predicted molar refractivity (Wildman–Crippen MR) is 149 cm³/mol. The molecule has 4 amide bonds. The standard InChI is InChI=1S/C28H41N5O7/c1-7-15(4)23(30-17(6)35)26(37)33-24(16(5)34)27(38)31-21(25(36)32-22(14(2)3)28(39)40)12-18-13-29-20-11-9-8-10-19(18)20/h8-11,13-16,21-24,29,34H,7,12H2,1-6H3,(H,30,35)(H,31,38)(H,32,36)(H,33,37)(H,39,40)/t15-,16+,21-,22-,23-,24-/m0/s1. The first-order chi connectivity index (χ1) is 18.8. The average molecular weight is 560 g/mol. The van der Waals surface area contributed by atoms with E-state index >= 15 is 0 Å². The lowest BCUT2D eigenvalue weighted by molar-refractivity contribution is -0.143. The van der Waals surface area contributed by atoms with Crippen LogP contribution in [0, 0.1) is 11.8 Å². The molecule has 1 heterocycles. The minimum absolute atomic E-state index is 0.00782. The summed E-state index contributed by atoms with van der Waals surface area (Å²) < 4.78 is 0. The number of fused-ring (bicyclic) bond motifs is 1. The van der Waals surface area contributed by atoms with E-state index in [0.717, 1.165) is 10.9 Å². The minimum Gasteiger partial charge on any atom is -0.480 e. The molecule has 0 aliphatic carbocycles. The molecule has 0 unspecified atom stereocenters. The van der Waals surface area contributed by atoms with Gasteiger partial charge in [0.1, 0.15) is 24.2 Å². The van der Waals surface area contributed by atoms with Gasteiger partial charge in [0.05, 0.1) is 6.10 Å². The third-order valence-electron chi connectivity index (χ3n) is 6.88. The number of rotatable bonds is 14. The summed E-state index contributed by atoms with van der Waals surface area (Å²) >= 11 is 0. The Morgan fingerprint density at radius 1 is 0.850 bits per heavy atom. The van der Waals surface area contributed by atoms with Crippen LogP contribution in [0.4, 0.5) is 0 Å². The topological polar surface area (TPSA) is 190 Å². The molecule has 1 aromatic carbocycles. The molecule has 12 heteroatoms. The molecule has 0 spiro atoms. The van der Waals surface area contributed by atoms with Crippen LogP contribution in [0.5, 0.6) is 0 Å². The van der Waals surface area contributed by atoms with Crippen molar-refractivity contribution >= 4 is 40.5 Å². The number of nitrogens with one attached hydrogen (secondary N) is 5. The second kappa shape index (κ2) is 14.5. The molecular formula is C28H41N5O7. The van der Waals surface area contributed by atoms with Crippen LogP contribution in [0.25, 0.3) is 10.9 Å². The van der Waals surface area contributed by atoms with Crippen LogP contribution in [0.2, 0.25) is 0 Å². The van der Waals surface area contributed by atoms with Gasteiger partial charge in [0.15, 0.2) is 0 Å². The Labute approximate surface area is 233 Å². The van der Waals surface area contributed by atoms with Gasteiger partial charge in [-0.2, -0.15) is 0 Å². The van der Waals surface area contributed by atoms with E-state index < -0.39 is 65.8 Å². The zero-order chi connectivity index (χ0) is 30.1. The van der Waals surface area contributed by atoms with E-state index in [2.05, 4.69) is 26.3 Å². The first-order valence-electron chi connectivity index (χ1n) is 13.4. The van der Waals surface area contributed by atoms with Crippen LogP contribution >= 0.6 is 0 Å². The van der Waals surface area contributed by atoms with E-state index in [4.69, 9.17) is 0 Å². The zero-order valence-electron chi connectivity index (χ0n) is 23.8. The normalized spacial score (nSPS) is 15.8. The number of H-pyrrole nitrogens is 1. The van der Waals surface area contributed by atoms with Gasteiger partial charge in [-0.1, -0.05) is 52.3 Å². The number of hydrogen-bond donors (Lipinski definition) is 7. The van der Waals surface area contributed by atoms with Gasteiger partial charge in [0, 0.05) is 30.4 Å². The van der Waals surface area contributed by atoms with E-state index in [-0.39, 0.29) is 12.3 Å². The van der Waals surface area contributed by atoms with E-state index in [0.29, 0.717) is 12.0 Å². The molecule has 2 rings (SSSR count). The molecule has 0 radical (unpaired) electrons. The molecule has 7 N–H and O–H groups in total. The van der Waals surface area contributed by atoms with Gasteiger partial charge >= 0.3 is 5.97 Å². The molecule has 0 saturated heterocycles. The minimum atomic E-state index is -1.45. The van der Waals surface area contributed by atoms with Crippen molar-refractivity contribution in [2.75, 3.05) is 0 Å². The number of carboxylic acids is 1. The monoisotopic (exact) mass is 559 g/mol. The van der Waals surface area contributed by atoms with Crippen molar-refractivity contribution in [3.8, 4) is 0 Å². The Morgan fingerprint density at radius 3 is 2.00 bits per heavy atom. The molecule has 6 atom stereocenters. The summed E-state index contributed by atoms with van der Waals surface area (Å²) in [6.07, 6.45) is 0.926. The number of aliphatic carboxylic acids is 1. The van der Waals surface area contributed by atoms with Gasteiger partial charge in [-0.05, 0) is 30.4 Å². The number of para-hydroxylation sites is 1. The van der Waals surface area contributed by atoms with E-state index in [1.54, 1.807) is 27.0 Å². The van der Waals surface area contributed by atoms with E-state index in [9.17, 15) is 34.2 Å². The molecule has 0 aliphatic rings. The Morgan fingerprint density at radius 2 is 1.45 bits per heavy atom. The SMILES string of the molecule is CC[C@H](C)[C@H](NC(C)=O)C(=O)N[C@H](C(=O)N[C@@H](Cc1c[nH]c2ccccc12)C(=O)N[C@H](C(=O)O)C(C)C)[C@@H](C)O. The fourth-order valence-corrected chi connectivity index (χ4v) is 4.33. The summed E-state index contributed by atoms with van der Waals surface area (Å²) in [6, 6.07) is 2.56. The number of hydrogen-bond acceptors (Lipinski definition) is 6. The van der Waals surface area contributed by atoms with Crippen molar-refractivity contribution in [3.05, 3.63) is 36.0 Å². The molecule has 12 nitrogen and oxygen atoms in total. The quantitative estimate of drug-likeness (QED) is 0.178. The van der Waals surface area contributed by atoms with Gasteiger partial charge in [-0.15, -0.1) is 0 Å². The summed E-state index contributed by atoms with van der Waals surface area (Å²) in [4.78, 5) is 66.3. The molecule has 0 fully saturated rings. The fourth-order valence-electron chi connectivity index (χ4n) is 4.33. The smallest absolute Gasteiger partial charge is 0.326 e. The third-order valence-corrected chi connectivity index (χ3v) is 6.88. The number of carbonyl (C=O) groups excluding carboxylic acids is 4.